The van der Waals surface area contributed by atoms with Crippen LogP contribution < -0.4 is 10.0 Å². The maximum atomic E-state index is 12.6. The molecule has 0 aliphatic rings. The number of amides is 1. The van der Waals surface area contributed by atoms with Crippen LogP contribution in [0.3, 0.4) is 0 Å². The van der Waals surface area contributed by atoms with Gasteiger partial charge in [-0.25, -0.2) is 18.1 Å². The summed E-state index contributed by atoms with van der Waals surface area (Å²) in [4.78, 5) is 16.9. The molecule has 0 aliphatic carbocycles. The minimum absolute atomic E-state index is 0.0628. The molecule has 0 unspecified atom stereocenters. The number of fused-ring (bicyclic) bond motifs is 1. The molecule has 0 radical (unpaired) electrons. The number of hydrogen-bond acceptors (Lipinski definition) is 5. The number of benzene rings is 2. The molecule has 154 valence electrons. The molecule has 0 aliphatic heterocycles. The maximum absolute atomic E-state index is 12.6. The number of sulfonamides is 1. The zero-order chi connectivity index (χ0) is 21.2. The number of para-hydroxylation sites is 1. The van der Waals surface area contributed by atoms with Crippen molar-refractivity contribution in [2.45, 2.75) is 37.6 Å². The van der Waals surface area contributed by atoms with Crippen molar-refractivity contribution in [3.8, 4) is 0 Å². The van der Waals surface area contributed by atoms with Crippen molar-refractivity contribution < 1.29 is 13.2 Å². The highest BCUT2D eigenvalue weighted by atomic mass is 35.5. The second-order valence-corrected chi connectivity index (χ2v) is 10.8. The highest BCUT2D eigenvalue weighted by Crippen LogP contribution is 2.24. The molecule has 0 saturated carbocycles. The Bertz CT molecular complexity index is 1120. The molecule has 2 N–H and O–H groups in total. The van der Waals surface area contributed by atoms with Crippen molar-refractivity contribution in [2.75, 3.05) is 6.54 Å². The smallest absolute Gasteiger partial charge is 0.251 e. The Labute approximate surface area is 179 Å². The first-order valence-electron chi connectivity index (χ1n) is 9.01. The fraction of sp³-hybridized carbons (Fsp3) is 0.300. The third-order valence-corrected chi connectivity index (χ3v) is 7.22. The number of nitrogens with one attached hydrogen (secondary N) is 2. The van der Waals surface area contributed by atoms with Gasteiger partial charge < -0.3 is 5.32 Å². The second kappa shape index (κ2) is 8.39. The van der Waals surface area contributed by atoms with E-state index in [4.69, 9.17) is 11.6 Å². The van der Waals surface area contributed by atoms with Gasteiger partial charge in [0.05, 0.1) is 20.2 Å². The average Bonchev–Trinajstić information content (AvgIpc) is 3.02. The standard InChI is InChI=1S/C20H22ClN3O3S2/c1-20(2,3)24-29(26,27)17-12-13(8-9-14(17)21)19(25)22-11-10-18-23-15-6-4-5-7-16(15)28-18/h4-9,12,24H,10-11H2,1-3H3,(H,22,25). The zero-order valence-corrected chi connectivity index (χ0v) is 18.7. The topological polar surface area (TPSA) is 88.2 Å². The van der Waals surface area contributed by atoms with Gasteiger partial charge in [0, 0.05) is 24.1 Å². The van der Waals surface area contributed by atoms with Gasteiger partial charge in [-0.05, 0) is 51.1 Å². The van der Waals surface area contributed by atoms with E-state index in [9.17, 15) is 13.2 Å². The van der Waals surface area contributed by atoms with Gasteiger partial charge in [0.2, 0.25) is 10.0 Å². The van der Waals surface area contributed by atoms with Crippen LogP contribution in [0.25, 0.3) is 10.2 Å². The van der Waals surface area contributed by atoms with Gasteiger partial charge in [0.15, 0.2) is 0 Å². The third kappa shape index (κ3) is 5.54. The molecule has 1 heterocycles. The van der Waals surface area contributed by atoms with Crippen LogP contribution in [0.4, 0.5) is 0 Å². The molecule has 3 aromatic rings. The van der Waals surface area contributed by atoms with Crippen LogP contribution >= 0.6 is 22.9 Å². The summed E-state index contributed by atoms with van der Waals surface area (Å²) >= 11 is 7.67. The van der Waals surface area contributed by atoms with Crippen molar-refractivity contribution >= 4 is 49.1 Å². The first-order valence-corrected chi connectivity index (χ1v) is 11.7. The van der Waals surface area contributed by atoms with Crippen LogP contribution in [0, 0.1) is 0 Å². The lowest BCUT2D eigenvalue weighted by Gasteiger charge is -2.21. The summed E-state index contributed by atoms with van der Waals surface area (Å²) in [6.45, 7) is 5.59. The number of carbonyl (C=O) groups is 1. The minimum atomic E-state index is -3.85. The lowest BCUT2D eigenvalue weighted by molar-refractivity contribution is 0.0954. The molecule has 0 fully saturated rings. The zero-order valence-electron chi connectivity index (χ0n) is 16.3. The number of carbonyl (C=O) groups excluding carboxylic acids is 1. The van der Waals surface area contributed by atoms with Gasteiger partial charge >= 0.3 is 0 Å². The summed E-state index contributed by atoms with van der Waals surface area (Å²) < 4.78 is 28.8. The summed E-state index contributed by atoms with van der Waals surface area (Å²) in [5.74, 6) is -0.366. The molecule has 9 heteroatoms. The largest absolute Gasteiger partial charge is 0.352 e. The Morgan fingerprint density at radius 1 is 1.17 bits per heavy atom. The molecule has 3 rings (SSSR count). The van der Waals surface area contributed by atoms with Crippen LogP contribution in [0.1, 0.15) is 36.1 Å². The molecule has 0 saturated heterocycles. The van der Waals surface area contributed by atoms with E-state index in [1.165, 1.54) is 18.2 Å². The van der Waals surface area contributed by atoms with Crippen molar-refractivity contribution in [2.24, 2.45) is 0 Å². The lowest BCUT2D eigenvalue weighted by atomic mass is 10.1. The SMILES string of the molecule is CC(C)(C)NS(=O)(=O)c1cc(C(=O)NCCc2nc3ccccc3s2)ccc1Cl. The van der Waals surface area contributed by atoms with Gasteiger partial charge in [-0.3, -0.25) is 4.79 Å². The minimum Gasteiger partial charge on any atom is -0.352 e. The van der Waals surface area contributed by atoms with Gasteiger partial charge in [-0.2, -0.15) is 0 Å². The molecule has 1 amide bonds. The van der Waals surface area contributed by atoms with Crippen LogP contribution in [0.5, 0.6) is 0 Å². The Morgan fingerprint density at radius 2 is 1.90 bits per heavy atom. The molecule has 0 bridgehead atoms. The molecule has 0 spiro atoms. The van der Waals surface area contributed by atoms with Gasteiger partial charge in [0.25, 0.3) is 5.91 Å². The fourth-order valence-corrected chi connectivity index (χ4v) is 5.63. The number of halogens is 1. The molecule has 2 aromatic carbocycles. The third-order valence-electron chi connectivity index (χ3n) is 3.89. The van der Waals surface area contributed by atoms with E-state index in [2.05, 4.69) is 15.0 Å². The van der Waals surface area contributed by atoms with Crippen LogP contribution in [-0.4, -0.2) is 31.4 Å². The van der Waals surface area contributed by atoms with Crippen LogP contribution in [0.15, 0.2) is 47.4 Å². The van der Waals surface area contributed by atoms with Crippen LogP contribution in [0.2, 0.25) is 5.02 Å². The monoisotopic (exact) mass is 451 g/mol. The summed E-state index contributed by atoms with van der Waals surface area (Å²) in [5.41, 5.74) is 0.503. The first kappa shape index (κ1) is 21.7. The Hall–Kier alpha value is -2.00. The average molecular weight is 452 g/mol. The molecule has 29 heavy (non-hydrogen) atoms. The Morgan fingerprint density at radius 3 is 2.59 bits per heavy atom. The van der Waals surface area contributed by atoms with E-state index in [-0.39, 0.29) is 21.4 Å². The highest BCUT2D eigenvalue weighted by molar-refractivity contribution is 7.89. The van der Waals surface area contributed by atoms with Crippen molar-refractivity contribution in [3.05, 3.63) is 58.1 Å². The predicted octanol–water partition coefficient (Wildman–Crippen LogP) is 4.00. The van der Waals surface area contributed by atoms with E-state index in [0.717, 1.165) is 15.2 Å². The van der Waals surface area contributed by atoms with Gasteiger partial charge in [-0.1, -0.05) is 23.7 Å². The van der Waals surface area contributed by atoms with E-state index >= 15 is 0 Å². The summed E-state index contributed by atoms with van der Waals surface area (Å²) in [7, 11) is -3.85. The van der Waals surface area contributed by atoms with Gasteiger partial charge in [-0.15, -0.1) is 11.3 Å². The summed E-state index contributed by atoms with van der Waals surface area (Å²) in [5, 5.41) is 3.80. The molecule has 0 atom stereocenters. The normalized spacial score (nSPS) is 12.3. The first-order chi connectivity index (χ1) is 13.5. The quantitative estimate of drug-likeness (QED) is 0.592. The van der Waals surface area contributed by atoms with Crippen molar-refractivity contribution in [1.82, 2.24) is 15.0 Å². The lowest BCUT2D eigenvalue weighted by Crippen LogP contribution is -2.40. The van der Waals surface area contributed by atoms with E-state index in [0.29, 0.717) is 13.0 Å². The van der Waals surface area contributed by atoms with E-state index in [1.54, 1.807) is 32.1 Å². The van der Waals surface area contributed by atoms with Crippen molar-refractivity contribution in [3.63, 3.8) is 0 Å². The summed E-state index contributed by atoms with van der Waals surface area (Å²) in [6.07, 6.45) is 0.593. The van der Waals surface area contributed by atoms with Crippen molar-refractivity contribution in [1.29, 1.82) is 0 Å². The fourth-order valence-electron chi connectivity index (χ4n) is 2.72. The number of rotatable bonds is 6. The van der Waals surface area contributed by atoms with E-state index < -0.39 is 15.6 Å². The van der Waals surface area contributed by atoms with Crippen LogP contribution in [-0.2, 0) is 16.4 Å². The molecule has 1 aromatic heterocycles. The molecular weight excluding hydrogens is 430 g/mol. The Balaban J connectivity index is 1.69. The number of aromatic nitrogens is 1. The maximum Gasteiger partial charge on any atom is 0.251 e. The van der Waals surface area contributed by atoms with E-state index in [1.807, 2.05) is 24.3 Å². The molecule has 6 nitrogen and oxygen atoms in total. The summed E-state index contributed by atoms with van der Waals surface area (Å²) in [6, 6.07) is 12.1. The molecular formula is C20H22ClN3O3S2. The number of nitrogens with zero attached hydrogens (tertiary/aromatic N) is 1. The number of hydrogen-bond donors (Lipinski definition) is 2. The Kier molecular flexibility index (Phi) is 6.28. The predicted molar refractivity (Wildman–Crippen MR) is 117 cm³/mol. The van der Waals surface area contributed by atoms with Gasteiger partial charge in [0.1, 0.15) is 4.90 Å². The highest BCUT2D eigenvalue weighted by Gasteiger charge is 2.25. The number of thiazole rings is 1. The second-order valence-electron chi connectivity index (χ2n) is 7.58.